The Morgan fingerprint density at radius 1 is 1.21 bits per heavy atom. The van der Waals surface area contributed by atoms with Crippen LogP contribution < -0.4 is 0 Å². The van der Waals surface area contributed by atoms with E-state index in [9.17, 15) is 4.21 Å². The Bertz CT molecular complexity index is 404. The van der Waals surface area contributed by atoms with Gasteiger partial charge in [-0.15, -0.1) is 0 Å². The van der Waals surface area contributed by atoms with Crippen LogP contribution in [0.15, 0.2) is 47.9 Å². The molecular formula is C12H12OS. The van der Waals surface area contributed by atoms with Gasteiger partial charge in [0.15, 0.2) is 0 Å². The van der Waals surface area contributed by atoms with Crippen LogP contribution in [0.2, 0.25) is 0 Å². The van der Waals surface area contributed by atoms with E-state index >= 15 is 0 Å². The van der Waals surface area contributed by atoms with Crippen LogP contribution in [0.5, 0.6) is 0 Å². The van der Waals surface area contributed by atoms with E-state index in [0.717, 1.165) is 11.1 Å². The van der Waals surface area contributed by atoms with E-state index in [1.54, 1.807) is 0 Å². The van der Waals surface area contributed by atoms with Crippen molar-refractivity contribution in [2.75, 3.05) is 0 Å². The largest absolute Gasteiger partial charge is 0.254 e. The molecule has 2 rings (SSSR count). The lowest BCUT2D eigenvalue weighted by Crippen LogP contribution is -2.08. The van der Waals surface area contributed by atoms with Crippen LogP contribution in [-0.2, 0) is 10.8 Å². The summed E-state index contributed by atoms with van der Waals surface area (Å²) in [6.07, 6.45) is 4.04. The average Bonchev–Trinajstić information content (AvgIpc) is 2.23. The van der Waals surface area contributed by atoms with Gasteiger partial charge in [0.2, 0.25) is 0 Å². The molecule has 0 aliphatic carbocycles. The zero-order valence-electron chi connectivity index (χ0n) is 8.01. The van der Waals surface area contributed by atoms with Crippen molar-refractivity contribution in [3.05, 3.63) is 53.5 Å². The van der Waals surface area contributed by atoms with E-state index in [1.165, 1.54) is 0 Å². The molecule has 0 fully saturated rings. The second kappa shape index (κ2) is 3.93. The van der Waals surface area contributed by atoms with E-state index in [1.807, 2.05) is 54.8 Å². The first-order valence-corrected chi connectivity index (χ1v) is 5.90. The first-order chi connectivity index (χ1) is 6.77. The second-order valence-corrected chi connectivity index (χ2v) is 4.97. The van der Waals surface area contributed by atoms with Gasteiger partial charge in [0.25, 0.3) is 0 Å². The Morgan fingerprint density at radius 2 is 1.93 bits per heavy atom. The summed E-state index contributed by atoms with van der Waals surface area (Å²) in [5, 5.41) is 1.97. The molecule has 1 nitrogen and oxygen atoms in total. The van der Waals surface area contributed by atoms with Gasteiger partial charge in [-0.1, -0.05) is 42.5 Å². The molecule has 2 heteroatoms. The van der Waals surface area contributed by atoms with Crippen LogP contribution in [0.1, 0.15) is 12.5 Å². The molecule has 0 spiro atoms. The standard InChI is InChI=1S/C12H12OS/c1-10-7-8-12(9-14(10)13)11-5-3-2-4-6-11/h2-10H,1H3. The van der Waals surface area contributed by atoms with Crippen LogP contribution in [0.3, 0.4) is 0 Å². The van der Waals surface area contributed by atoms with Crippen molar-refractivity contribution < 1.29 is 4.21 Å². The summed E-state index contributed by atoms with van der Waals surface area (Å²) in [5.74, 6) is 0. The molecule has 0 amide bonds. The zero-order chi connectivity index (χ0) is 9.97. The van der Waals surface area contributed by atoms with Crippen LogP contribution in [0.25, 0.3) is 5.57 Å². The number of benzene rings is 1. The van der Waals surface area contributed by atoms with Crippen LogP contribution in [0, 0.1) is 0 Å². The summed E-state index contributed by atoms with van der Waals surface area (Å²) in [4.78, 5) is 0. The lowest BCUT2D eigenvalue weighted by atomic mass is 10.1. The van der Waals surface area contributed by atoms with Crippen molar-refractivity contribution in [1.29, 1.82) is 0 Å². The SMILES string of the molecule is CC1C=CC(c2ccccc2)=CS1=O. The lowest BCUT2D eigenvalue weighted by molar-refractivity contribution is 0.685. The third kappa shape index (κ3) is 1.85. The molecule has 0 aromatic heterocycles. The fourth-order valence-corrected chi connectivity index (χ4v) is 2.30. The summed E-state index contributed by atoms with van der Waals surface area (Å²) in [6, 6.07) is 10.0. The van der Waals surface area contributed by atoms with Crippen LogP contribution in [0.4, 0.5) is 0 Å². The third-order valence-electron chi connectivity index (χ3n) is 2.26. The molecule has 2 atom stereocenters. The summed E-state index contributed by atoms with van der Waals surface area (Å²) in [5.41, 5.74) is 2.19. The Hall–Kier alpha value is -1.15. The fraction of sp³-hybridized carbons (Fsp3) is 0.167. The summed E-state index contributed by atoms with van der Waals surface area (Å²) in [7, 11) is -0.864. The van der Waals surface area contributed by atoms with E-state index < -0.39 is 10.8 Å². The lowest BCUT2D eigenvalue weighted by Gasteiger charge is -2.11. The van der Waals surface area contributed by atoms with Gasteiger partial charge in [-0.3, -0.25) is 4.21 Å². The molecule has 0 bridgehead atoms. The molecule has 14 heavy (non-hydrogen) atoms. The average molecular weight is 204 g/mol. The van der Waals surface area contributed by atoms with Gasteiger partial charge >= 0.3 is 0 Å². The van der Waals surface area contributed by atoms with E-state index in [-0.39, 0.29) is 5.25 Å². The van der Waals surface area contributed by atoms with E-state index in [0.29, 0.717) is 0 Å². The minimum atomic E-state index is -0.864. The number of allylic oxidation sites excluding steroid dienone is 2. The molecule has 0 saturated carbocycles. The molecule has 1 heterocycles. The number of hydrogen-bond donors (Lipinski definition) is 0. The zero-order valence-corrected chi connectivity index (χ0v) is 8.83. The highest BCUT2D eigenvalue weighted by Gasteiger charge is 2.11. The molecule has 1 aromatic carbocycles. The van der Waals surface area contributed by atoms with Gasteiger partial charge in [-0.25, -0.2) is 0 Å². The minimum absolute atomic E-state index is 0.141. The highest BCUT2D eigenvalue weighted by molar-refractivity contribution is 7.89. The van der Waals surface area contributed by atoms with Gasteiger partial charge < -0.3 is 0 Å². The fourth-order valence-electron chi connectivity index (χ4n) is 1.38. The maximum atomic E-state index is 11.6. The van der Waals surface area contributed by atoms with E-state index in [2.05, 4.69) is 0 Å². The molecule has 0 saturated heterocycles. The van der Waals surface area contributed by atoms with E-state index in [4.69, 9.17) is 0 Å². The maximum Gasteiger partial charge on any atom is 0.0543 e. The topological polar surface area (TPSA) is 17.1 Å². The Balaban J connectivity index is 2.34. The normalized spacial score (nSPS) is 25.9. The highest BCUT2D eigenvalue weighted by atomic mass is 32.2. The second-order valence-electron chi connectivity index (χ2n) is 3.33. The van der Waals surface area contributed by atoms with Crippen molar-refractivity contribution in [2.24, 2.45) is 0 Å². The molecule has 2 unspecified atom stereocenters. The highest BCUT2D eigenvalue weighted by Crippen LogP contribution is 2.21. The van der Waals surface area contributed by atoms with Gasteiger partial charge in [0.05, 0.1) is 16.0 Å². The van der Waals surface area contributed by atoms with Crippen LogP contribution >= 0.6 is 0 Å². The smallest absolute Gasteiger partial charge is 0.0543 e. The Morgan fingerprint density at radius 3 is 2.57 bits per heavy atom. The molecule has 1 aliphatic rings. The summed E-state index contributed by atoms with van der Waals surface area (Å²) in [6.45, 7) is 1.96. The molecule has 0 N–H and O–H groups in total. The number of rotatable bonds is 1. The predicted molar refractivity (Wildman–Crippen MR) is 61.2 cm³/mol. The minimum Gasteiger partial charge on any atom is -0.254 e. The van der Waals surface area contributed by atoms with Crippen molar-refractivity contribution >= 4 is 16.4 Å². The van der Waals surface area contributed by atoms with Gasteiger partial charge in [-0.2, -0.15) is 0 Å². The van der Waals surface area contributed by atoms with Crippen molar-refractivity contribution in [3.63, 3.8) is 0 Å². The summed E-state index contributed by atoms with van der Waals surface area (Å²) < 4.78 is 11.6. The van der Waals surface area contributed by atoms with Crippen molar-refractivity contribution in [1.82, 2.24) is 0 Å². The Labute approximate surface area is 86.6 Å². The Kier molecular flexibility index (Phi) is 2.64. The quantitative estimate of drug-likeness (QED) is 0.687. The van der Waals surface area contributed by atoms with Gasteiger partial charge in [-0.05, 0) is 18.1 Å². The van der Waals surface area contributed by atoms with Gasteiger partial charge in [0, 0.05) is 5.41 Å². The predicted octanol–water partition coefficient (Wildman–Crippen LogP) is 2.73. The molecule has 72 valence electrons. The first-order valence-electron chi connectivity index (χ1n) is 4.62. The summed E-state index contributed by atoms with van der Waals surface area (Å²) >= 11 is 0. The maximum absolute atomic E-state index is 11.6. The number of hydrogen-bond acceptors (Lipinski definition) is 1. The molecular weight excluding hydrogens is 192 g/mol. The first kappa shape index (κ1) is 9.41. The van der Waals surface area contributed by atoms with Gasteiger partial charge in [0.1, 0.15) is 0 Å². The van der Waals surface area contributed by atoms with Crippen molar-refractivity contribution in [3.8, 4) is 0 Å². The molecule has 0 radical (unpaired) electrons. The van der Waals surface area contributed by atoms with Crippen molar-refractivity contribution in [2.45, 2.75) is 12.2 Å². The van der Waals surface area contributed by atoms with Crippen LogP contribution in [-0.4, -0.2) is 9.46 Å². The molecule has 1 aromatic rings. The molecule has 1 aliphatic heterocycles. The monoisotopic (exact) mass is 204 g/mol. The third-order valence-corrected chi connectivity index (χ3v) is 3.64.